The van der Waals surface area contributed by atoms with Crippen LogP contribution >= 0.6 is 15.9 Å². The highest BCUT2D eigenvalue weighted by atomic mass is 79.9. The Labute approximate surface area is 125 Å². The van der Waals surface area contributed by atoms with Crippen molar-refractivity contribution in [2.75, 3.05) is 7.11 Å². The molecule has 0 heterocycles. The van der Waals surface area contributed by atoms with E-state index in [9.17, 15) is 8.78 Å². The van der Waals surface area contributed by atoms with E-state index in [4.69, 9.17) is 4.74 Å². The van der Waals surface area contributed by atoms with E-state index in [0.29, 0.717) is 0 Å². The van der Waals surface area contributed by atoms with Crippen LogP contribution in [0.1, 0.15) is 27.1 Å². The monoisotopic (exact) mass is 340 g/mol. The van der Waals surface area contributed by atoms with Gasteiger partial charge in [-0.15, -0.1) is 0 Å². The molecule has 20 heavy (non-hydrogen) atoms. The molecule has 0 aliphatic heterocycles. The molecular weight excluding hydrogens is 326 g/mol. The van der Waals surface area contributed by atoms with Crippen LogP contribution in [-0.4, -0.2) is 7.11 Å². The van der Waals surface area contributed by atoms with Gasteiger partial charge in [-0.2, -0.15) is 0 Å². The molecule has 0 saturated carbocycles. The second kappa shape index (κ2) is 5.92. The molecule has 0 aromatic heterocycles. The van der Waals surface area contributed by atoms with Gasteiger partial charge in [-0.1, -0.05) is 45.3 Å². The van der Waals surface area contributed by atoms with Gasteiger partial charge in [0.2, 0.25) is 0 Å². The Balaban J connectivity index is 2.50. The van der Waals surface area contributed by atoms with E-state index in [1.54, 1.807) is 0 Å². The number of benzene rings is 2. The number of ether oxygens (including phenoxy) is 1. The average Bonchev–Trinajstić information content (AvgIpc) is 2.36. The van der Waals surface area contributed by atoms with Gasteiger partial charge < -0.3 is 4.74 Å². The van der Waals surface area contributed by atoms with Gasteiger partial charge in [0, 0.05) is 17.7 Å². The van der Waals surface area contributed by atoms with Crippen LogP contribution in [0.25, 0.3) is 0 Å². The molecule has 1 atom stereocenters. The van der Waals surface area contributed by atoms with Crippen molar-refractivity contribution in [3.63, 3.8) is 0 Å². The molecule has 4 heteroatoms. The maximum Gasteiger partial charge on any atom is 0.134 e. The topological polar surface area (TPSA) is 9.23 Å². The fourth-order valence-corrected chi connectivity index (χ4v) is 2.95. The van der Waals surface area contributed by atoms with E-state index in [0.717, 1.165) is 16.7 Å². The first-order chi connectivity index (χ1) is 9.42. The van der Waals surface area contributed by atoms with Crippen molar-refractivity contribution in [3.8, 4) is 5.75 Å². The summed E-state index contributed by atoms with van der Waals surface area (Å²) in [7, 11) is 1.38. The van der Waals surface area contributed by atoms with Crippen LogP contribution in [0.15, 0.2) is 30.3 Å². The van der Waals surface area contributed by atoms with Gasteiger partial charge in [-0.3, -0.25) is 0 Å². The molecule has 2 rings (SSSR count). The first kappa shape index (κ1) is 15.0. The average molecular weight is 341 g/mol. The zero-order chi connectivity index (χ0) is 14.9. The standard InChI is InChI=1S/C16H15BrF2O/c1-9-4-10(2)6-11(5-9)16(17)15-13(18)7-12(20-3)8-14(15)19/h4-8,16H,1-3H3. The Morgan fingerprint density at radius 1 is 0.950 bits per heavy atom. The van der Waals surface area contributed by atoms with Crippen molar-refractivity contribution in [2.24, 2.45) is 0 Å². The SMILES string of the molecule is COc1cc(F)c(C(Br)c2cc(C)cc(C)c2)c(F)c1. The summed E-state index contributed by atoms with van der Waals surface area (Å²) in [6, 6.07) is 8.22. The predicted octanol–water partition coefficient (Wildman–Crippen LogP) is 5.07. The van der Waals surface area contributed by atoms with Crippen molar-refractivity contribution in [2.45, 2.75) is 18.7 Å². The van der Waals surface area contributed by atoms with Crippen LogP contribution in [0.5, 0.6) is 5.75 Å². The normalized spacial score (nSPS) is 12.3. The molecule has 0 fully saturated rings. The van der Waals surface area contributed by atoms with E-state index < -0.39 is 16.5 Å². The smallest absolute Gasteiger partial charge is 0.134 e. The Morgan fingerprint density at radius 2 is 1.45 bits per heavy atom. The number of methoxy groups -OCH3 is 1. The summed E-state index contributed by atoms with van der Waals surface area (Å²) in [5.74, 6) is -1.07. The van der Waals surface area contributed by atoms with Gasteiger partial charge in [0.25, 0.3) is 0 Å². The molecule has 0 aliphatic carbocycles. The fourth-order valence-electron chi connectivity index (χ4n) is 2.24. The molecule has 106 valence electrons. The van der Waals surface area contributed by atoms with Crippen molar-refractivity contribution < 1.29 is 13.5 Å². The summed E-state index contributed by atoms with van der Waals surface area (Å²) in [4.78, 5) is -0.535. The molecule has 0 N–H and O–H groups in total. The number of alkyl halides is 1. The van der Waals surface area contributed by atoms with Crippen LogP contribution in [0.4, 0.5) is 8.78 Å². The van der Waals surface area contributed by atoms with Crippen molar-refractivity contribution in [1.82, 2.24) is 0 Å². The molecule has 0 amide bonds. The lowest BCUT2D eigenvalue weighted by molar-refractivity contribution is 0.405. The van der Waals surface area contributed by atoms with Gasteiger partial charge in [0.15, 0.2) is 0 Å². The Hall–Kier alpha value is -1.42. The first-order valence-corrected chi connectivity index (χ1v) is 7.09. The molecule has 0 saturated heterocycles. The minimum absolute atomic E-state index is 0.00389. The van der Waals surface area contributed by atoms with Gasteiger partial charge in [0.1, 0.15) is 17.4 Å². The minimum atomic E-state index is -0.622. The first-order valence-electron chi connectivity index (χ1n) is 6.17. The number of hydrogen-bond donors (Lipinski definition) is 0. The second-order valence-electron chi connectivity index (χ2n) is 4.79. The van der Waals surface area contributed by atoms with Gasteiger partial charge in [-0.05, 0) is 19.4 Å². The van der Waals surface area contributed by atoms with Crippen LogP contribution in [0.3, 0.4) is 0 Å². The zero-order valence-electron chi connectivity index (χ0n) is 11.5. The highest BCUT2D eigenvalue weighted by Gasteiger charge is 2.21. The van der Waals surface area contributed by atoms with Crippen LogP contribution in [0.2, 0.25) is 0 Å². The zero-order valence-corrected chi connectivity index (χ0v) is 13.1. The molecule has 0 spiro atoms. The maximum atomic E-state index is 14.1. The van der Waals surface area contributed by atoms with Gasteiger partial charge in [-0.25, -0.2) is 8.78 Å². The number of aryl methyl sites for hydroxylation is 2. The van der Waals surface area contributed by atoms with Crippen molar-refractivity contribution in [3.05, 3.63) is 64.2 Å². The van der Waals surface area contributed by atoms with Gasteiger partial charge in [0.05, 0.1) is 11.9 Å². The minimum Gasteiger partial charge on any atom is -0.497 e. The second-order valence-corrected chi connectivity index (χ2v) is 5.70. The van der Waals surface area contributed by atoms with E-state index in [1.807, 2.05) is 32.0 Å². The molecule has 0 aliphatic rings. The summed E-state index contributed by atoms with van der Waals surface area (Å²) in [5, 5.41) is 0. The molecular formula is C16H15BrF2O. The highest BCUT2D eigenvalue weighted by Crippen LogP contribution is 2.36. The van der Waals surface area contributed by atoms with Gasteiger partial charge >= 0.3 is 0 Å². The third kappa shape index (κ3) is 3.01. The highest BCUT2D eigenvalue weighted by molar-refractivity contribution is 9.09. The van der Waals surface area contributed by atoms with Crippen molar-refractivity contribution in [1.29, 1.82) is 0 Å². The summed E-state index contributed by atoms with van der Waals surface area (Å²) < 4.78 is 33.0. The molecule has 1 unspecified atom stereocenters. The van der Waals surface area contributed by atoms with Crippen LogP contribution < -0.4 is 4.74 Å². The number of rotatable bonds is 3. The Morgan fingerprint density at radius 3 is 1.90 bits per heavy atom. The number of hydrogen-bond acceptors (Lipinski definition) is 1. The van der Waals surface area contributed by atoms with Crippen molar-refractivity contribution >= 4 is 15.9 Å². The summed E-state index contributed by atoms with van der Waals surface area (Å²) in [5.41, 5.74) is 2.93. The predicted molar refractivity (Wildman–Crippen MR) is 79.6 cm³/mol. The number of halogens is 3. The molecule has 2 aromatic carbocycles. The molecule has 0 radical (unpaired) electrons. The lowest BCUT2D eigenvalue weighted by Gasteiger charge is -2.15. The quantitative estimate of drug-likeness (QED) is 0.708. The lowest BCUT2D eigenvalue weighted by atomic mass is 9.99. The largest absolute Gasteiger partial charge is 0.497 e. The summed E-state index contributed by atoms with van der Waals surface area (Å²) in [6.45, 7) is 3.91. The summed E-state index contributed by atoms with van der Waals surface area (Å²) in [6.07, 6.45) is 0. The van der Waals surface area contributed by atoms with Crippen LogP contribution in [0, 0.1) is 25.5 Å². The molecule has 1 nitrogen and oxygen atoms in total. The van der Waals surface area contributed by atoms with E-state index >= 15 is 0 Å². The molecule has 2 aromatic rings. The Bertz CT molecular complexity index is 597. The third-order valence-corrected chi connectivity index (χ3v) is 4.06. The van der Waals surface area contributed by atoms with E-state index in [2.05, 4.69) is 15.9 Å². The third-order valence-electron chi connectivity index (χ3n) is 3.08. The lowest BCUT2D eigenvalue weighted by Crippen LogP contribution is -2.02. The fraction of sp³-hybridized carbons (Fsp3) is 0.250. The Kier molecular flexibility index (Phi) is 4.43. The van der Waals surface area contributed by atoms with E-state index in [1.165, 1.54) is 19.2 Å². The van der Waals surface area contributed by atoms with E-state index in [-0.39, 0.29) is 11.3 Å². The molecule has 0 bridgehead atoms. The summed E-state index contributed by atoms with van der Waals surface area (Å²) >= 11 is 3.39. The van der Waals surface area contributed by atoms with Crippen LogP contribution in [-0.2, 0) is 0 Å². The maximum absolute atomic E-state index is 14.1.